The zero-order chi connectivity index (χ0) is 10.9. The van der Waals surface area contributed by atoms with E-state index in [-0.39, 0.29) is 1.43 Å². The van der Waals surface area contributed by atoms with E-state index in [2.05, 4.69) is 46.8 Å². The van der Waals surface area contributed by atoms with Crippen molar-refractivity contribution in [2.45, 2.75) is 46.5 Å². The minimum absolute atomic E-state index is 0. The van der Waals surface area contributed by atoms with Gasteiger partial charge in [0.15, 0.2) is 0 Å². The Bertz CT molecular complexity index is 300. The third-order valence-corrected chi connectivity index (χ3v) is 2.63. The first-order valence-corrected chi connectivity index (χ1v) is 5.33. The molecule has 1 aromatic rings. The molecule has 0 saturated heterocycles. The highest BCUT2D eigenvalue weighted by Crippen LogP contribution is 2.31. The van der Waals surface area contributed by atoms with Crippen LogP contribution in [0.3, 0.4) is 0 Å². The summed E-state index contributed by atoms with van der Waals surface area (Å²) in [5.74, 6) is 1.01. The second kappa shape index (κ2) is 4.04. The van der Waals surface area contributed by atoms with Crippen LogP contribution in [0.2, 0.25) is 0 Å². The summed E-state index contributed by atoms with van der Waals surface area (Å²) in [5, 5.41) is 0. The van der Waals surface area contributed by atoms with Crippen LogP contribution in [0.1, 0.15) is 57.6 Å². The van der Waals surface area contributed by atoms with Crippen molar-refractivity contribution in [1.29, 1.82) is 0 Å². The van der Waals surface area contributed by atoms with Gasteiger partial charge in [0.1, 0.15) is 0 Å². The highest BCUT2D eigenvalue weighted by atomic mass is 14.6. The average molecular weight is 193 g/mol. The Balaban J connectivity index is 0.00000196. The van der Waals surface area contributed by atoms with E-state index in [9.17, 15) is 0 Å². The topological polar surface area (TPSA) is 26.0 Å². The number of hydrogen-bond donors (Lipinski definition) is 1. The fourth-order valence-electron chi connectivity index (χ4n) is 1.81. The molecule has 0 aliphatic carbocycles. The van der Waals surface area contributed by atoms with Crippen molar-refractivity contribution in [3.05, 3.63) is 28.8 Å². The first-order valence-electron chi connectivity index (χ1n) is 5.33. The minimum atomic E-state index is 0. The third-order valence-electron chi connectivity index (χ3n) is 2.63. The van der Waals surface area contributed by atoms with Crippen LogP contribution in [0.4, 0.5) is 5.69 Å². The van der Waals surface area contributed by atoms with Gasteiger partial charge in [0.25, 0.3) is 0 Å². The summed E-state index contributed by atoms with van der Waals surface area (Å²) in [6.45, 7) is 10.9. The van der Waals surface area contributed by atoms with E-state index < -0.39 is 0 Å². The van der Waals surface area contributed by atoms with Crippen LogP contribution in [0.5, 0.6) is 0 Å². The fourth-order valence-corrected chi connectivity index (χ4v) is 1.81. The van der Waals surface area contributed by atoms with Gasteiger partial charge in [-0.15, -0.1) is 0 Å². The zero-order valence-corrected chi connectivity index (χ0v) is 9.89. The predicted molar refractivity (Wildman–Crippen MR) is 65.9 cm³/mol. The molecule has 0 aromatic heterocycles. The molecule has 80 valence electrons. The first-order chi connectivity index (χ1) is 6.43. The van der Waals surface area contributed by atoms with Gasteiger partial charge in [0.2, 0.25) is 0 Å². The van der Waals surface area contributed by atoms with Crippen LogP contribution in [-0.4, -0.2) is 0 Å². The van der Waals surface area contributed by atoms with E-state index >= 15 is 0 Å². The number of nitrogen functional groups attached to an aromatic ring is 1. The van der Waals surface area contributed by atoms with Gasteiger partial charge >= 0.3 is 0 Å². The molecule has 14 heavy (non-hydrogen) atoms. The number of anilines is 1. The van der Waals surface area contributed by atoms with E-state index in [1.807, 2.05) is 0 Å². The summed E-state index contributed by atoms with van der Waals surface area (Å²) in [7, 11) is 0. The van der Waals surface area contributed by atoms with E-state index in [4.69, 9.17) is 5.73 Å². The van der Waals surface area contributed by atoms with Crippen LogP contribution < -0.4 is 5.73 Å². The fraction of sp³-hybridized carbons (Fsp3) is 0.538. The van der Waals surface area contributed by atoms with Crippen LogP contribution >= 0.6 is 0 Å². The van der Waals surface area contributed by atoms with E-state index in [0.717, 1.165) is 5.69 Å². The maximum Gasteiger partial charge on any atom is 0.0384 e. The largest absolute Gasteiger partial charge is 0.398 e. The number of rotatable bonds is 2. The summed E-state index contributed by atoms with van der Waals surface area (Å²) in [6, 6.07) is 4.40. The third kappa shape index (κ3) is 2.09. The standard InChI is InChI=1S/C13H21N.H2/c1-8(2)11-6-10(5)7-12(9(3)4)13(11)14;/h6-9H,14H2,1-5H3;1H. The average Bonchev–Trinajstić information content (AvgIpc) is 2.07. The van der Waals surface area contributed by atoms with Gasteiger partial charge in [0.05, 0.1) is 0 Å². The molecule has 1 aromatic carbocycles. The lowest BCUT2D eigenvalue weighted by Crippen LogP contribution is -2.03. The quantitative estimate of drug-likeness (QED) is 0.704. The minimum Gasteiger partial charge on any atom is -0.398 e. The van der Waals surface area contributed by atoms with E-state index in [0.29, 0.717) is 11.8 Å². The molecule has 1 heteroatoms. The molecule has 0 atom stereocenters. The maximum absolute atomic E-state index is 6.15. The summed E-state index contributed by atoms with van der Waals surface area (Å²) in [4.78, 5) is 0. The second-order valence-corrected chi connectivity index (χ2v) is 4.67. The second-order valence-electron chi connectivity index (χ2n) is 4.67. The Labute approximate surface area is 88.8 Å². The molecule has 2 N–H and O–H groups in total. The van der Waals surface area contributed by atoms with E-state index in [1.165, 1.54) is 16.7 Å². The molecular formula is C13H23N. The Hall–Kier alpha value is -0.980. The highest BCUT2D eigenvalue weighted by molar-refractivity contribution is 5.57. The van der Waals surface area contributed by atoms with Gasteiger partial charge in [-0.05, 0) is 29.9 Å². The van der Waals surface area contributed by atoms with E-state index in [1.54, 1.807) is 0 Å². The first kappa shape index (κ1) is 11.1. The lowest BCUT2D eigenvalue weighted by molar-refractivity contribution is 0.837. The molecule has 0 unspecified atom stereocenters. The molecule has 0 aliphatic heterocycles. The lowest BCUT2D eigenvalue weighted by atomic mass is 9.91. The molecule has 1 nitrogen and oxygen atoms in total. The number of benzene rings is 1. The summed E-state index contributed by atoms with van der Waals surface area (Å²) in [6.07, 6.45) is 0. The van der Waals surface area contributed by atoms with Crippen molar-refractivity contribution >= 4 is 5.69 Å². The van der Waals surface area contributed by atoms with Gasteiger partial charge in [-0.25, -0.2) is 0 Å². The predicted octanol–water partition coefficient (Wildman–Crippen LogP) is 4.07. The van der Waals surface area contributed by atoms with Gasteiger partial charge < -0.3 is 5.73 Å². The highest BCUT2D eigenvalue weighted by Gasteiger charge is 2.11. The Morgan fingerprint density at radius 1 is 1.00 bits per heavy atom. The normalized spacial score (nSPS) is 11.4. The number of hydrogen-bond acceptors (Lipinski definition) is 1. The molecule has 0 amide bonds. The van der Waals surface area contributed by atoms with Crippen molar-refractivity contribution in [3.8, 4) is 0 Å². The molecule has 0 spiro atoms. The smallest absolute Gasteiger partial charge is 0.0384 e. The molecule has 0 radical (unpaired) electrons. The van der Waals surface area contributed by atoms with Crippen molar-refractivity contribution in [2.24, 2.45) is 0 Å². The van der Waals surface area contributed by atoms with Gasteiger partial charge in [-0.1, -0.05) is 45.4 Å². The number of aryl methyl sites for hydroxylation is 1. The van der Waals surface area contributed by atoms with Crippen molar-refractivity contribution in [3.63, 3.8) is 0 Å². The van der Waals surface area contributed by atoms with Crippen molar-refractivity contribution in [1.82, 2.24) is 0 Å². The molecule has 0 fully saturated rings. The molecule has 0 saturated carbocycles. The molecule has 0 aliphatic rings. The summed E-state index contributed by atoms with van der Waals surface area (Å²) in [5.41, 5.74) is 11.0. The summed E-state index contributed by atoms with van der Waals surface area (Å²) < 4.78 is 0. The lowest BCUT2D eigenvalue weighted by Gasteiger charge is -2.17. The summed E-state index contributed by atoms with van der Waals surface area (Å²) >= 11 is 0. The number of nitrogens with two attached hydrogens (primary N) is 1. The maximum atomic E-state index is 6.15. The van der Waals surface area contributed by atoms with Crippen LogP contribution in [0, 0.1) is 6.92 Å². The van der Waals surface area contributed by atoms with Crippen LogP contribution in [0.15, 0.2) is 12.1 Å². The molecule has 0 bridgehead atoms. The Morgan fingerprint density at radius 3 is 1.64 bits per heavy atom. The van der Waals surface area contributed by atoms with Gasteiger partial charge in [-0.3, -0.25) is 0 Å². The SMILES string of the molecule is Cc1cc(C(C)C)c(N)c(C(C)C)c1.[HH]. The Morgan fingerprint density at radius 2 is 1.36 bits per heavy atom. The van der Waals surface area contributed by atoms with Crippen LogP contribution in [0.25, 0.3) is 0 Å². The molecule has 1 rings (SSSR count). The molecular weight excluding hydrogens is 170 g/mol. The van der Waals surface area contributed by atoms with Gasteiger partial charge in [0, 0.05) is 7.11 Å². The monoisotopic (exact) mass is 193 g/mol. The zero-order valence-electron chi connectivity index (χ0n) is 9.89. The van der Waals surface area contributed by atoms with Gasteiger partial charge in [-0.2, -0.15) is 0 Å². The van der Waals surface area contributed by atoms with Crippen molar-refractivity contribution in [2.75, 3.05) is 5.73 Å². The van der Waals surface area contributed by atoms with Crippen molar-refractivity contribution < 1.29 is 1.43 Å². The van der Waals surface area contributed by atoms with Crippen LogP contribution in [-0.2, 0) is 0 Å². The molecule has 0 heterocycles. The Kier molecular flexibility index (Phi) is 3.20.